The third-order valence-electron chi connectivity index (χ3n) is 1.14. The van der Waals surface area contributed by atoms with Gasteiger partial charge >= 0.3 is 5.97 Å². The van der Waals surface area contributed by atoms with Crippen LogP contribution in [-0.2, 0) is 14.4 Å². The van der Waals surface area contributed by atoms with Gasteiger partial charge in [-0.1, -0.05) is 0 Å². The van der Waals surface area contributed by atoms with Crippen molar-refractivity contribution in [2.24, 2.45) is 0 Å². The first-order chi connectivity index (χ1) is 6.43. The Morgan fingerprint density at radius 3 is 2.21 bits per heavy atom. The Bertz CT molecular complexity index is 244. The molecule has 0 spiro atoms. The van der Waals surface area contributed by atoms with Crippen LogP contribution in [-0.4, -0.2) is 34.7 Å². The van der Waals surface area contributed by atoms with Crippen molar-refractivity contribution < 1.29 is 19.5 Å². The van der Waals surface area contributed by atoms with Gasteiger partial charge in [0.1, 0.15) is 6.04 Å². The molecule has 6 nitrogen and oxygen atoms in total. The van der Waals surface area contributed by atoms with E-state index in [4.69, 9.17) is 5.11 Å². The zero-order valence-corrected chi connectivity index (χ0v) is 8.68. The summed E-state index contributed by atoms with van der Waals surface area (Å²) >= 11 is 0.945. The summed E-state index contributed by atoms with van der Waals surface area (Å²) in [6, 6.07) is -0.982. The Morgan fingerprint density at radius 1 is 1.29 bits per heavy atom. The largest absolute Gasteiger partial charge is 0.480 e. The highest BCUT2D eigenvalue weighted by atomic mass is 32.2. The van der Waals surface area contributed by atoms with E-state index >= 15 is 0 Å². The van der Waals surface area contributed by atoms with E-state index < -0.39 is 17.9 Å². The van der Waals surface area contributed by atoms with E-state index in [0.717, 1.165) is 11.9 Å². The van der Waals surface area contributed by atoms with Crippen molar-refractivity contribution in [3.8, 4) is 0 Å². The van der Waals surface area contributed by atoms with Crippen LogP contribution in [0.1, 0.15) is 13.8 Å². The summed E-state index contributed by atoms with van der Waals surface area (Å²) in [4.78, 5) is 31.6. The number of carbonyl (C=O) groups is 3. The molecule has 3 N–H and O–H groups in total. The minimum absolute atomic E-state index is 0.0918. The molecule has 0 heterocycles. The number of hydrogen-bond acceptors (Lipinski definition) is 4. The molecule has 0 aliphatic carbocycles. The van der Waals surface area contributed by atoms with Crippen LogP contribution in [0, 0.1) is 0 Å². The highest BCUT2D eigenvalue weighted by Gasteiger charge is 2.18. The Labute approximate surface area is 85.6 Å². The maximum Gasteiger partial charge on any atom is 0.327 e. The summed E-state index contributed by atoms with van der Waals surface area (Å²) < 4.78 is 2.37. The number of rotatable bonds is 5. The first-order valence-electron chi connectivity index (χ1n) is 3.81. The molecule has 2 amide bonds. The number of nitrogens with one attached hydrogen (secondary N) is 2. The molecule has 0 aromatic rings. The standard InChI is InChI=1S/C7H12N2O4S/c1-4(10)8-6(7(12)13)3-14-9-5(2)11/h6H,3H2,1-2H3,(H,8,10)(H,9,11)(H,12,13). The minimum Gasteiger partial charge on any atom is -0.480 e. The van der Waals surface area contributed by atoms with E-state index in [0.29, 0.717) is 0 Å². The van der Waals surface area contributed by atoms with Crippen molar-refractivity contribution >= 4 is 29.7 Å². The second-order valence-electron chi connectivity index (χ2n) is 2.56. The van der Waals surface area contributed by atoms with Crippen molar-refractivity contribution in [3.63, 3.8) is 0 Å². The molecule has 0 fully saturated rings. The highest BCUT2D eigenvalue weighted by molar-refractivity contribution is 7.98. The first-order valence-corrected chi connectivity index (χ1v) is 4.80. The van der Waals surface area contributed by atoms with E-state index in [1.807, 2.05) is 0 Å². The molecule has 7 heteroatoms. The molecule has 80 valence electrons. The van der Waals surface area contributed by atoms with Crippen molar-refractivity contribution in [2.45, 2.75) is 19.9 Å². The molecule has 1 atom stereocenters. The number of carboxylic acids is 1. The second kappa shape index (κ2) is 6.25. The Morgan fingerprint density at radius 2 is 1.86 bits per heavy atom. The SMILES string of the molecule is CC(=O)NSCC(NC(C)=O)C(=O)O. The fourth-order valence-electron chi connectivity index (χ4n) is 0.647. The van der Waals surface area contributed by atoms with Crippen LogP contribution in [0.15, 0.2) is 0 Å². The van der Waals surface area contributed by atoms with Crippen LogP contribution in [0.3, 0.4) is 0 Å². The summed E-state index contributed by atoms with van der Waals surface area (Å²) in [7, 11) is 0. The average molecular weight is 220 g/mol. The highest BCUT2D eigenvalue weighted by Crippen LogP contribution is 1.98. The number of aliphatic carboxylic acids is 1. The monoisotopic (exact) mass is 220 g/mol. The van der Waals surface area contributed by atoms with E-state index in [-0.39, 0.29) is 11.7 Å². The molecule has 0 aromatic heterocycles. The zero-order valence-electron chi connectivity index (χ0n) is 7.86. The molecule has 0 aliphatic rings. The molecular formula is C7H12N2O4S. The van der Waals surface area contributed by atoms with Gasteiger partial charge in [-0.25, -0.2) is 4.79 Å². The van der Waals surface area contributed by atoms with Gasteiger partial charge in [0.2, 0.25) is 11.8 Å². The molecule has 0 saturated heterocycles. The Balaban J connectivity index is 3.91. The van der Waals surface area contributed by atoms with Gasteiger partial charge in [0.15, 0.2) is 0 Å². The molecule has 0 radical (unpaired) electrons. The van der Waals surface area contributed by atoms with Crippen LogP contribution in [0.5, 0.6) is 0 Å². The van der Waals surface area contributed by atoms with E-state index in [1.165, 1.54) is 13.8 Å². The Hall–Kier alpha value is -1.24. The van der Waals surface area contributed by atoms with Crippen molar-refractivity contribution in [1.82, 2.24) is 10.0 Å². The smallest absolute Gasteiger partial charge is 0.327 e. The van der Waals surface area contributed by atoms with Crippen LogP contribution in [0.4, 0.5) is 0 Å². The van der Waals surface area contributed by atoms with Crippen LogP contribution in [0.2, 0.25) is 0 Å². The molecule has 0 saturated carbocycles. The number of carbonyl (C=O) groups excluding carboxylic acids is 2. The molecule has 0 rings (SSSR count). The number of amides is 2. The molecule has 14 heavy (non-hydrogen) atoms. The third-order valence-corrected chi connectivity index (χ3v) is 2.07. The van der Waals surface area contributed by atoms with Crippen molar-refractivity contribution in [2.75, 3.05) is 5.75 Å². The molecular weight excluding hydrogens is 208 g/mol. The molecule has 0 aliphatic heterocycles. The topological polar surface area (TPSA) is 95.5 Å². The van der Waals surface area contributed by atoms with Gasteiger partial charge in [-0.2, -0.15) is 0 Å². The lowest BCUT2D eigenvalue weighted by Crippen LogP contribution is -2.42. The van der Waals surface area contributed by atoms with Crippen molar-refractivity contribution in [3.05, 3.63) is 0 Å². The maximum absolute atomic E-state index is 10.6. The summed E-state index contributed by atoms with van der Waals surface area (Å²) in [6.45, 7) is 2.56. The molecule has 0 aromatic carbocycles. The summed E-state index contributed by atoms with van der Waals surface area (Å²) in [5, 5.41) is 10.9. The van der Waals surface area contributed by atoms with Crippen LogP contribution < -0.4 is 10.0 Å². The third kappa shape index (κ3) is 6.30. The quantitative estimate of drug-likeness (QED) is 0.536. The van der Waals surface area contributed by atoms with Crippen LogP contribution in [0.25, 0.3) is 0 Å². The zero-order chi connectivity index (χ0) is 11.1. The summed E-state index contributed by atoms with van der Waals surface area (Å²) in [6.07, 6.45) is 0. The lowest BCUT2D eigenvalue weighted by Gasteiger charge is -2.12. The second-order valence-corrected chi connectivity index (χ2v) is 3.39. The first kappa shape index (κ1) is 12.8. The normalized spacial score (nSPS) is 11.6. The van der Waals surface area contributed by atoms with Gasteiger partial charge in [0.25, 0.3) is 0 Å². The number of carboxylic acid groups (broad SMARTS) is 1. The molecule has 0 bridgehead atoms. The van der Waals surface area contributed by atoms with Crippen LogP contribution >= 0.6 is 11.9 Å². The predicted octanol–water partition coefficient (Wildman–Crippen LogP) is -0.640. The molecule has 1 unspecified atom stereocenters. The average Bonchev–Trinajstić information content (AvgIpc) is 2.00. The summed E-state index contributed by atoms with van der Waals surface area (Å²) in [5.74, 6) is -1.71. The van der Waals surface area contributed by atoms with Gasteiger partial charge in [0.05, 0.1) is 0 Å². The van der Waals surface area contributed by atoms with E-state index in [1.54, 1.807) is 0 Å². The number of hydrogen-bond donors (Lipinski definition) is 3. The minimum atomic E-state index is -1.13. The Kier molecular flexibility index (Phi) is 5.70. The van der Waals surface area contributed by atoms with Gasteiger partial charge in [-0.3, -0.25) is 9.59 Å². The van der Waals surface area contributed by atoms with Gasteiger partial charge < -0.3 is 15.1 Å². The lowest BCUT2D eigenvalue weighted by atomic mass is 10.3. The van der Waals surface area contributed by atoms with Gasteiger partial charge in [0, 0.05) is 19.6 Å². The van der Waals surface area contributed by atoms with E-state index in [2.05, 4.69) is 10.0 Å². The predicted molar refractivity (Wildman–Crippen MR) is 51.5 cm³/mol. The van der Waals surface area contributed by atoms with Crippen molar-refractivity contribution in [1.29, 1.82) is 0 Å². The fraction of sp³-hybridized carbons (Fsp3) is 0.571. The lowest BCUT2D eigenvalue weighted by molar-refractivity contribution is -0.140. The van der Waals surface area contributed by atoms with Gasteiger partial charge in [-0.15, -0.1) is 0 Å². The van der Waals surface area contributed by atoms with Gasteiger partial charge in [-0.05, 0) is 11.9 Å². The fourth-order valence-corrected chi connectivity index (χ4v) is 1.33. The van der Waals surface area contributed by atoms with E-state index in [9.17, 15) is 14.4 Å². The summed E-state index contributed by atoms with van der Waals surface area (Å²) in [5.41, 5.74) is 0. The maximum atomic E-state index is 10.6.